The maximum atomic E-state index is 12.4. The topological polar surface area (TPSA) is 65.6 Å². The molecule has 0 saturated heterocycles. The zero-order valence-electron chi connectivity index (χ0n) is 14.5. The fourth-order valence-corrected chi connectivity index (χ4v) is 3.65. The highest BCUT2D eigenvalue weighted by molar-refractivity contribution is 5.69. The summed E-state index contributed by atoms with van der Waals surface area (Å²) in [6.07, 6.45) is 4.75. The van der Waals surface area contributed by atoms with Gasteiger partial charge in [0.1, 0.15) is 12.6 Å². The lowest BCUT2D eigenvalue weighted by Crippen LogP contribution is -2.37. The van der Waals surface area contributed by atoms with E-state index in [-0.39, 0.29) is 24.3 Å². The van der Waals surface area contributed by atoms with Crippen molar-refractivity contribution >= 4 is 11.6 Å². The van der Waals surface area contributed by atoms with E-state index >= 15 is 0 Å². The van der Waals surface area contributed by atoms with E-state index in [0.717, 1.165) is 12.8 Å². The Morgan fingerprint density at radius 3 is 2.88 bits per heavy atom. The molecule has 1 aliphatic carbocycles. The number of nitrogens with zero attached hydrogens (tertiary/aromatic N) is 3. The van der Waals surface area contributed by atoms with Gasteiger partial charge in [0.15, 0.2) is 5.65 Å². The lowest BCUT2D eigenvalue weighted by atomic mass is 9.75. The van der Waals surface area contributed by atoms with Gasteiger partial charge in [0.25, 0.3) is 0 Å². The molecule has 3 atom stereocenters. The van der Waals surface area contributed by atoms with Gasteiger partial charge in [-0.25, -0.2) is 9.48 Å². The van der Waals surface area contributed by atoms with Gasteiger partial charge in [-0.05, 0) is 42.7 Å². The smallest absolute Gasteiger partial charge is 0.350 e. The molecular formula is C18H25N3O3. The minimum atomic E-state index is -0.384. The van der Waals surface area contributed by atoms with Crippen molar-refractivity contribution in [2.24, 2.45) is 17.8 Å². The lowest BCUT2D eigenvalue weighted by molar-refractivity contribution is -0.156. The number of esters is 1. The Morgan fingerprint density at radius 2 is 2.17 bits per heavy atom. The fraction of sp³-hybridized carbons (Fsp3) is 0.611. The number of ether oxygens (including phenoxy) is 1. The van der Waals surface area contributed by atoms with Gasteiger partial charge in [-0.3, -0.25) is 9.20 Å². The third-order valence-electron chi connectivity index (χ3n) is 5.01. The third kappa shape index (κ3) is 3.37. The Bertz CT molecular complexity index is 777. The maximum absolute atomic E-state index is 12.4. The molecule has 2 aromatic heterocycles. The first-order valence-corrected chi connectivity index (χ1v) is 8.69. The van der Waals surface area contributed by atoms with Crippen molar-refractivity contribution in [2.75, 3.05) is 0 Å². The maximum Gasteiger partial charge on any atom is 0.350 e. The molecule has 6 heteroatoms. The molecule has 0 bridgehead atoms. The average molecular weight is 331 g/mol. The summed E-state index contributed by atoms with van der Waals surface area (Å²) in [5.41, 5.74) is 0.210. The van der Waals surface area contributed by atoms with E-state index in [1.165, 1.54) is 15.5 Å². The molecule has 1 fully saturated rings. The summed E-state index contributed by atoms with van der Waals surface area (Å²) in [7, 11) is 0. The molecule has 0 spiro atoms. The van der Waals surface area contributed by atoms with Crippen LogP contribution in [0.2, 0.25) is 0 Å². The largest absolute Gasteiger partial charge is 0.461 e. The van der Waals surface area contributed by atoms with Crippen LogP contribution in [0.3, 0.4) is 0 Å². The number of aromatic nitrogens is 3. The first kappa shape index (κ1) is 16.7. The number of rotatable bonds is 4. The number of fused-ring (bicyclic) bond motifs is 1. The van der Waals surface area contributed by atoms with Crippen LogP contribution >= 0.6 is 0 Å². The third-order valence-corrected chi connectivity index (χ3v) is 5.01. The number of hydrogen-bond donors (Lipinski definition) is 0. The van der Waals surface area contributed by atoms with Crippen LogP contribution in [0.15, 0.2) is 29.2 Å². The van der Waals surface area contributed by atoms with Crippen molar-refractivity contribution < 1.29 is 9.53 Å². The molecule has 0 N–H and O–H groups in total. The van der Waals surface area contributed by atoms with Crippen molar-refractivity contribution in [3.63, 3.8) is 0 Å². The molecule has 0 aromatic carbocycles. The second kappa shape index (κ2) is 6.79. The van der Waals surface area contributed by atoms with E-state index in [1.807, 2.05) is 0 Å². The summed E-state index contributed by atoms with van der Waals surface area (Å²) in [6.45, 7) is 6.41. The van der Waals surface area contributed by atoms with Crippen molar-refractivity contribution in [1.29, 1.82) is 0 Å². The minimum absolute atomic E-state index is 0.0611. The van der Waals surface area contributed by atoms with Crippen LogP contribution in [0, 0.1) is 17.8 Å². The summed E-state index contributed by atoms with van der Waals surface area (Å²) < 4.78 is 8.34. The predicted octanol–water partition coefficient (Wildman–Crippen LogP) is 2.50. The van der Waals surface area contributed by atoms with Gasteiger partial charge < -0.3 is 4.74 Å². The molecule has 130 valence electrons. The first-order valence-electron chi connectivity index (χ1n) is 8.69. The molecule has 0 radical (unpaired) electrons. The molecule has 24 heavy (non-hydrogen) atoms. The van der Waals surface area contributed by atoms with E-state index in [1.54, 1.807) is 24.4 Å². The molecule has 2 heterocycles. The number of carbonyl (C=O) groups excluding carboxylic acids is 1. The van der Waals surface area contributed by atoms with Gasteiger partial charge in [0, 0.05) is 6.20 Å². The standard InChI is InChI=1S/C18H25N3O3/c1-12(2)14-8-7-13(3)10-15(14)24-17(22)11-21-18(23)20-9-5-4-6-16(20)19-21/h4-6,9,12-15H,7-8,10-11H2,1-3H3/t13-,14-,15-/m1/s1. The molecule has 0 amide bonds. The van der Waals surface area contributed by atoms with Gasteiger partial charge in [-0.15, -0.1) is 5.10 Å². The van der Waals surface area contributed by atoms with Crippen molar-refractivity contribution in [1.82, 2.24) is 14.2 Å². The molecular weight excluding hydrogens is 306 g/mol. The Morgan fingerprint density at radius 1 is 1.38 bits per heavy atom. The van der Waals surface area contributed by atoms with Crippen molar-refractivity contribution in [3.05, 3.63) is 34.9 Å². The normalized spacial score (nSPS) is 24.4. The second-order valence-electron chi connectivity index (χ2n) is 7.22. The highest BCUT2D eigenvalue weighted by Crippen LogP contribution is 2.35. The minimum Gasteiger partial charge on any atom is -0.461 e. The van der Waals surface area contributed by atoms with Gasteiger partial charge in [0.2, 0.25) is 0 Å². The van der Waals surface area contributed by atoms with E-state index in [4.69, 9.17) is 4.74 Å². The zero-order valence-corrected chi connectivity index (χ0v) is 14.5. The molecule has 6 nitrogen and oxygen atoms in total. The Labute approximate surface area is 141 Å². The van der Waals surface area contributed by atoms with Crippen LogP contribution in [0.5, 0.6) is 0 Å². The first-order chi connectivity index (χ1) is 11.5. The summed E-state index contributed by atoms with van der Waals surface area (Å²) in [4.78, 5) is 24.6. The molecule has 0 aliphatic heterocycles. The van der Waals surface area contributed by atoms with Crippen LogP contribution in [-0.4, -0.2) is 26.3 Å². The van der Waals surface area contributed by atoms with Crippen molar-refractivity contribution in [3.8, 4) is 0 Å². The average Bonchev–Trinajstić information content (AvgIpc) is 2.83. The lowest BCUT2D eigenvalue weighted by Gasteiger charge is -2.36. The molecule has 1 aliphatic rings. The zero-order chi connectivity index (χ0) is 17.3. The highest BCUT2D eigenvalue weighted by Gasteiger charge is 2.33. The van der Waals surface area contributed by atoms with Gasteiger partial charge in [-0.2, -0.15) is 0 Å². The SMILES string of the molecule is CC(C)[C@H]1CC[C@@H](C)C[C@H]1OC(=O)Cn1nc2ccccn2c1=O. The predicted molar refractivity (Wildman–Crippen MR) is 90.7 cm³/mol. The molecule has 3 rings (SSSR count). The monoisotopic (exact) mass is 331 g/mol. The number of carbonyl (C=O) groups is 1. The van der Waals surface area contributed by atoms with Gasteiger partial charge >= 0.3 is 11.7 Å². The summed E-state index contributed by atoms with van der Waals surface area (Å²) in [5.74, 6) is 1.05. The Kier molecular flexibility index (Phi) is 4.73. The van der Waals surface area contributed by atoms with Crippen LogP contribution in [0.4, 0.5) is 0 Å². The van der Waals surface area contributed by atoms with E-state index in [9.17, 15) is 9.59 Å². The number of pyridine rings is 1. The van der Waals surface area contributed by atoms with Gasteiger partial charge in [0.05, 0.1) is 0 Å². The van der Waals surface area contributed by atoms with E-state index in [0.29, 0.717) is 23.4 Å². The Balaban J connectivity index is 1.72. The van der Waals surface area contributed by atoms with Crippen LogP contribution in [0.25, 0.3) is 5.65 Å². The van der Waals surface area contributed by atoms with Crippen molar-refractivity contribution in [2.45, 2.75) is 52.7 Å². The molecule has 2 aromatic rings. The van der Waals surface area contributed by atoms with Gasteiger partial charge in [-0.1, -0.05) is 33.3 Å². The molecule has 0 unspecified atom stereocenters. The van der Waals surface area contributed by atoms with E-state index < -0.39 is 0 Å². The van der Waals surface area contributed by atoms with Crippen LogP contribution in [0.1, 0.15) is 40.0 Å². The summed E-state index contributed by atoms with van der Waals surface area (Å²) in [6, 6.07) is 5.30. The van der Waals surface area contributed by atoms with Crippen LogP contribution < -0.4 is 5.69 Å². The quantitative estimate of drug-likeness (QED) is 0.808. The molecule has 1 saturated carbocycles. The van der Waals surface area contributed by atoms with Crippen LogP contribution in [-0.2, 0) is 16.1 Å². The summed E-state index contributed by atoms with van der Waals surface area (Å²) >= 11 is 0. The fourth-order valence-electron chi connectivity index (χ4n) is 3.65. The summed E-state index contributed by atoms with van der Waals surface area (Å²) in [5, 5.41) is 4.18. The van der Waals surface area contributed by atoms with E-state index in [2.05, 4.69) is 25.9 Å². The number of hydrogen-bond acceptors (Lipinski definition) is 4. The Hall–Kier alpha value is -2.11. The highest BCUT2D eigenvalue weighted by atomic mass is 16.5. The second-order valence-corrected chi connectivity index (χ2v) is 7.22.